The van der Waals surface area contributed by atoms with E-state index in [4.69, 9.17) is 5.73 Å². The van der Waals surface area contributed by atoms with E-state index in [9.17, 15) is 0 Å². The highest BCUT2D eigenvalue weighted by Gasteiger charge is 2.32. The summed E-state index contributed by atoms with van der Waals surface area (Å²) in [6.45, 7) is 2.97. The lowest BCUT2D eigenvalue weighted by Crippen LogP contribution is -2.34. The molecule has 0 aromatic heterocycles. The van der Waals surface area contributed by atoms with Crippen LogP contribution in [0.2, 0.25) is 0 Å². The van der Waals surface area contributed by atoms with Gasteiger partial charge in [0.05, 0.1) is 0 Å². The van der Waals surface area contributed by atoms with E-state index in [0.717, 1.165) is 18.9 Å². The van der Waals surface area contributed by atoms with Gasteiger partial charge in [-0.2, -0.15) is 0 Å². The molecule has 0 bridgehead atoms. The molecule has 2 rings (SSSR count). The second-order valence-electron chi connectivity index (χ2n) is 4.47. The average molecular weight is 345 g/mol. The number of nitrogens with zero attached hydrogens (tertiary/aromatic N) is 1. The number of rotatable bonds is 4. The SMILES string of the molecule is CC1CC1NC(N)=NCCc1ccccc1.I. The third kappa shape index (κ3) is 4.93. The zero-order chi connectivity index (χ0) is 11.4. The molecule has 94 valence electrons. The Bertz CT molecular complexity index is 364. The van der Waals surface area contributed by atoms with Crippen LogP contribution in [-0.4, -0.2) is 18.5 Å². The molecular weight excluding hydrogens is 325 g/mol. The zero-order valence-electron chi connectivity index (χ0n) is 10.1. The predicted molar refractivity (Wildman–Crippen MR) is 82.8 cm³/mol. The summed E-state index contributed by atoms with van der Waals surface area (Å²) in [5.41, 5.74) is 7.08. The van der Waals surface area contributed by atoms with Gasteiger partial charge in [0.2, 0.25) is 0 Å². The first-order valence-electron chi connectivity index (χ1n) is 5.86. The molecule has 1 fully saturated rings. The molecule has 2 atom stereocenters. The summed E-state index contributed by atoms with van der Waals surface area (Å²) in [7, 11) is 0. The van der Waals surface area contributed by atoms with E-state index in [1.54, 1.807) is 0 Å². The Morgan fingerprint density at radius 1 is 1.41 bits per heavy atom. The van der Waals surface area contributed by atoms with Crippen molar-refractivity contribution in [3.8, 4) is 0 Å². The van der Waals surface area contributed by atoms with Crippen molar-refractivity contribution in [3.05, 3.63) is 35.9 Å². The number of aliphatic imine (C=N–C) groups is 1. The Hall–Kier alpha value is -0.780. The molecular formula is C13H20IN3. The normalized spacial score (nSPS) is 22.8. The van der Waals surface area contributed by atoms with Gasteiger partial charge in [0.1, 0.15) is 0 Å². The number of benzene rings is 1. The molecule has 4 heteroatoms. The molecule has 0 heterocycles. The van der Waals surface area contributed by atoms with Gasteiger partial charge in [0, 0.05) is 12.6 Å². The summed E-state index contributed by atoms with van der Waals surface area (Å²) >= 11 is 0. The minimum atomic E-state index is 0. The van der Waals surface area contributed by atoms with Gasteiger partial charge in [0.15, 0.2) is 5.96 Å². The lowest BCUT2D eigenvalue weighted by molar-refractivity contribution is 0.799. The number of halogens is 1. The van der Waals surface area contributed by atoms with Crippen molar-refractivity contribution in [2.45, 2.75) is 25.8 Å². The number of hydrogen-bond acceptors (Lipinski definition) is 1. The largest absolute Gasteiger partial charge is 0.370 e. The maximum absolute atomic E-state index is 5.78. The lowest BCUT2D eigenvalue weighted by atomic mass is 10.2. The summed E-state index contributed by atoms with van der Waals surface area (Å²) in [6, 6.07) is 10.9. The lowest BCUT2D eigenvalue weighted by Gasteiger charge is -2.03. The first-order valence-corrected chi connectivity index (χ1v) is 5.86. The Labute approximate surface area is 120 Å². The molecule has 0 aliphatic heterocycles. The highest BCUT2D eigenvalue weighted by molar-refractivity contribution is 14.0. The monoisotopic (exact) mass is 345 g/mol. The van der Waals surface area contributed by atoms with Crippen LogP contribution in [0.25, 0.3) is 0 Å². The van der Waals surface area contributed by atoms with Crippen molar-refractivity contribution in [1.29, 1.82) is 0 Å². The predicted octanol–water partition coefficient (Wildman–Crippen LogP) is 2.16. The van der Waals surface area contributed by atoms with Gasteiger partial charge in [-0.3, -0.25) is 4.99 Å². The van der Waals surface area contributed by atoms with E-state index in [1.807, 2.05) is 18.2 Å². The number of guanidine groups is 1. The highest BCUT2D eigenvalue weighted by atomic mass is 127. The fraction of sp³-hybridized carbons (Fsp3) is 0.462. The van der Waals surface area contributed by atoms with Crippen molar-refractivity contribution >= 4 is 29.9 Å². The summed E-state index contributed by atoms with van der Waals surface area (Å²) < 4.78 is 0. The van der Waals surface area contributed by atoms with Crippen molar-refractivity contribution < 1.29 is 0 Å². The topological polar surface area (TPSA) is 50.4 Å². The molecule has 0 saturated heterocycles. The molecule has 1 aliphatic rings. The smallest absolute Gasteiger partial charge is 0.188 e. The number of nitrogens with one attached hydrogen (secondary N) is 1. The maximum Gasteiger partial charge on any atom is 0.188 e. The van der Waals surface area contributed by atoms with Crippen LogP contribution in [0, 0.1) is 5.92 Å². The minimum Gasteiger partial charge on any atom is -0.370 e. The van der Waals surface area contributed by atoms with E-state index in [-0.39, 0.29) is 24.0 Å². The van der Waals surface area contributed by atoms with Gasteiger partial charge in [-0.05, 0) is 24.3 Å². The van der Waals surface area contributed by atoms with Gasteiger partial charge < -0.3 is 11.1 Å². The average Bonchev–Trinajstić information content (AvgIpc) is 2.95. The van der Waals surface area contributed by atoms with Crippen LogP contribution in [0.15, 0.2) is 35.3 Å². The van der Waals surface area contributed by atoms with Gasteiger partial charge in [0.25, 0.3) is 0 Å². The van der Waals surface area contributed by atoms with Crippen LogP contribution in [0.3, 0.4) is 0 Å². The van der Waals surface area contributed by atoms with Gasteiger partial charge >= 0.3 is 0 Å². The van der Waals surface area contributed by atoms with Crippen molar-refractivity contribution in [3.63, 3.8) is 0 Å². The minimum absolute atomic E-state index is 0. The van der Waals surface area contributed by atoms with E-state index < -0.39 is 0 Å². The summed E-state index contributed by atoms with van der Waals surface area (Å²) in [4.78, 5) is 4.32. The fourth-order valence-corrected chi connectivity index (χ4v) is 1.71. The van der Waals surface area contributed by atoms with E-state index in [0.29, 0.717) is 12.0 Å². The molecule has 0 radical (unpaired) electrons. The standard InChI is InChI=1S/C13H19N3.HI/c1-10-9-12(10)16-13(14)15-8-7-11-5-3-2-4-6-11;/h2-6,10,12H,7-9H2,1H3,(H3,14,15,16);1H. The third-order valence-electron chi connectivity index (χ3n) is 2.97. The van der Waals surface area contributed by atoms with Gasteiger partial charge in [-0.25, -0.2) is 0 Å². The van der Waals surface area contributed by atoms with Crippen molar-refractivity contribution in [2.24, 2.45) is 16.6 Å². The van der Waals surface area contributed by atoms with Crippen LogP contribution < -0.4 is 11.1 Å². The molecule has 2 unspecified atom stereocenters. The van der Waals surface area contributed by atoms with Gasteiger partial charge in [-0.1, -0.05) is 37.3 Å². The van der Waals surface area contributed by atoms with Crippen LogP contribution in [0.1, 0.15) is 18.9 Å². The third-order valence-corrected chi connectivity index (χ3v) is 2.97. The Morgan fingerprint density at radius 2 is 2.06 bits per heavy atom. The Morgan fingerprint density at radius 3 is 2.65 bits per heavy atom. The molecule has 1 aliphatic carbocycles. The van der Waals surface area contributed by atoms with Crippen LogP contribution in [-0.2, 0) is 6.42 Å². The Balaban J connectivity index is 0.00000144. The maximum atomic E-state index is 5.78. The van der Waals surface area contributed by atoms with E-state index in [2.05, 4.69) is 29.4 Å². The van der Waals surface area contributed by atoms with Crippen LogP contribution in [0.4, 0.5) is 0 Å². The second kappa shape index (κ2) is 6.83. The first-order chi connectivity index (χ1) is 7.75. The first kappa shape index (κ1) is 14.3. The van der Waals surface area contributed by atoms with E-state index >= 15 is 0 Å². The molecule has 0 amide bonds. The quantitative estimate of drug-likeness (QED) is 0.499. The molecule has 3 N–H and O–H groups in total. The van der Waals surface area contributed by atoms with E-state index in [1.165, 1.54) is 12.0 Å². The zero-order valence-corrected chi connectivity index (χ0v) is 12.4. The fourth-order valence-electron chi connectivity index (χ4n) is 1.71. The molecule has 0 spiro atoms. The molecule has 17 heavy (non-hydrogen) atoms. The molecule has 1 saturated carbocycles. The summed E-state index contributed by atoms with van der Waals surface area (Å²) in [5.74, 6) is 1.34. The Kier molecular flexibility index (Phi) is 5.74. The molecule has 1 aromatic carbocycles. The highest BCUT2D eigenvalue weighted by Crippen LogP contribution is 2.28. The number of nitrogens with two attached hydrogens (primary N) is 1. The second-order valence-corrected chi connectivity index (χ2v) is 4.47. The van der Waals surface area contributed by atoms with Crippen molar-refractivity contribution in [2.75, 3.05) is 6.54 Å². The van der Waals surface area contributed by atoms with Crippen molar-refractivity contribution in [1.82, 2.24) is 5.32 Å². The molecule has 3 nitrogen and oxygen atoms in total. The summed E-state index contributed by atoms with van der Waals surface area (Å²) in [5, 5.41) is 3.22. The molecule has 1 aromatic rings. The number of hydrogen-bond donors (Lipinski definition) is 2. The van der Waals surface area contributed by atoms with Crippen LogP contribution >= 0.6 is 24.0 Å². The van der Waals surface area contributed by atoms with Gasteiger partial charge in [-0.15, -0.1) is 24.0 Å². The summed E-state index contributed by atoms with van der Waals surface area (Å²) in [6.07, 6.45) is 2.17. The van der Waals surface area contributed by atoms with Crippen LogP contribution in [0.5, 0.6) is 0 Å².